The fraction of sp³-hybridized carbons (Fsp3) is 0.0833. The van der Waals surface area contributed by atoms with E-state index in [2.05, 4.69) is 4.98 Å². The predicted octanol–water partition coefficient (Wildman–Crippen LogP) is 3.50. The molecule has 0 spiro atoms. The zero-order valence-corrected chi connectivity index (χ0v) is 9.15. The van der Waals surface area contributed by atoms with Crippen LogP contribution in [0.1, 0.15) is 0 Å². The molecule has 0 unspecified atom stereocenters. The zero-order valence-electron chi connectivity index (χ0n) is 8.39. The quantitative estimate of drug-likeness (QED) is 0.767. The largest absolute Gasteiger partial charge is 0.329 e. The van der Waals surface area contributed by atoms with E-state index in [9.17, 15) is 0 Å². The topological polar surface area (TPSA) is 16.1 Å². The van der Waals surface area contributed by atoms with Crippen LogP contribution in [0, 0.1) is 0 Å². The average molecular weight is 219 g/mol. The van der Waals surface area contributed by atoms with Crippen LogP contribution in [0.2, 0.25) is 5.02 Å². The first kappa shape index (κ1) is 9.99. The van der Waals surface area contributed by atoms with Gasteiger partial charge in [-0.1, -0.05) is 17.7 Å². The Morgan fingerprint density at radius 3 is 2.40 bits per heavy atom. The SMILES string of the molecule is CN(c1ccc(Cl)cc1)c1ccccn1. The molecule has 2 nitrogen and oxygen atoms in total. The Morgan fingerprint density at radius 1 is 1.07 bits per heavy atom. The summed E-state index contributed by atoms with van der Waals surface area (Å²) in [6.45, 7) is 0. The third-order valence-corrected chi connectivity index (χ3v) is 2.46. The van der Waals surface area contributed by atoms with Crippen molar-refractivity contribution in [1.29, 1.82) is 0 Å². The van der Waals surface area contributed by atoms with Crippen molar-refractivity contribution in [3.05, 3.63) is 53.7 Å². The number of anilines is 2. The van der Waals surface area contributed by atoms with Crippen molar-refractivity contribution in [2.24, 2.45) is 0 Å². The maximum Gasteiger partial charge on any atom is 0.132 e. The van der Waals surface area contributed by atoms with Gasteiger partial charge in [-0.05, 0) is 36.4 Å². The molecule has 15 heavy (non-hydrogen) atoms. The van der Waals surface area contributed by atoms with Crippen LogP contribution in [0.5, 0.6) is 0 Å². The molecule has 0 aliphatic carbocycles. The van der Waals surface area contributed by atoms with Gasteiger partial charge >= 0.3 is 0 Å². The molecular formula is C12H11ClN2. The van der Waals surface area contributed by atoms with E-state index in [1.807, 2.05) is 54.4 Å². The van der Waals surface area contributed by atoms with Gasteiger partial charge in [0.25, 0.3) is 0 Å². The Kier molecular flexibility index (Phi) is 2.88. The summed E-state index contributed by atoms with van der Waals surface area (Å²) < 4.78 is 0. The number of pyridine rings is 1. The zero-order chi connectivity index (χ0) is 10.7. The van der Waals surface area contributed by atoms with Crippen molar-refractivity contribution >= 4 is 23.1 Å². The van der Waals surface area contributed by atoms with E-state index in [-0.39, 0.29) is 0 Å². The molecule has 0 radical (unpaired) electrons. The molecule has 1 aromatic heterocycles. The normalized spacial score (nSPS) is 10.0. The first-order chi connectivity index (χ1) is 7.27. The smallest absolute Gasteiger partial charge is 0.132 e. The standard InChI is InChI=1S/C12H11ClN2/c1-15(12-4-2-3-9-14-12)11-7-5-10(13)6-8-11/h2-9H,1H3. The number of nitrogens with zero attached hydrogens (tertiary/aromatic N) is 2. The van der Waals surface area contributed by atoms with Crippen LogP contribution >= 0.6 is 11.6 Å². The Morgan fingerprint density at radius 2 is 1.80 bits per heavy atom. The van der Waals surface area contributed by atoms with Crippen LogP contribution in [-0.2, 0) is 0 Å². The fourth-order valence-corrected chi connectivity index (χ4v) is 1.48. The monoisotopic (exact) mass is 218 g/mol. The summed E-state index contributed by atoms with van der Waals surface area (Å²) >= 11 is 5.83. The molecule has 0 bridgehead atoms. The number of hydrogen-bond donors (Lipinski definition) is 0. The molecular weight excluding hydrogens is 208 g/mol. The molecule has 0 aliphatic heterocycles. The van der Waals surface area contributed by atoms with Gasteiger partial charge in [0.05, 0.1) is 0 Å². The molecule has 1 heterocycles. The Balaban J connectivity index is 2.29. The highest BCUT2D eigenvalue weighted by Gasteiger charge is 2.03. The van der Waals surface area contributed by atoms with Crippen molar-refractivity contribution in [2.45, 2.75) is 0 Å². The lowest BCUT2D eigenvalue weighted by atomic mass is 10.3. The van der Waals surface area contributed by atoms with E-state index >= 15 is 0 Å². The highest BCUT2D eigenvalue weighted by molar-refractivity contribution is 6.30. The van der Waals surface area contributed by atoms with Crippen LogP contribution in [0.15, 0.2) is 48.7 Å². The van der Waals surface area contributed by atoms with Crippen LogP contribution < -0.4 is 4.90 Å². The molecule has 0 saturated heterocycles. The molecule has 0 amide bonds. The molecule has 0 fully saturated rings. The van der Waals surface area contributed by atoms with E-state index in [0.29, 0.717) is 0 Å². The van der Waals surface area contributed by atoms with Crippen molar-refractivity contribution in [3.63, 3.8) is 0 Å². The van der Waals surface area contributed by atoms with Gasteiger partial charge in [-0.25, -0.2) is 4.98 Å². The van der Waals surface area contributed by atoms with Crippen molar-refractivity contribution in [1.82, 2.24) is 4.98 Å². The molecule has 0 N–H and O–H groups in total. The van der Waals surface area contributed by atoms with Crippen LogP contribution in [0.25, 0.3) is 0 Å². The van der Waals surface area contributed by atoms with Crippen LogP contribution in [0.3, 0.4) is 0 Å². The summed E-state index contributed by atoms with van der Waals surface area (Å²) in [5.74, 6) is 0.917. The van der Waals surface area contributed by atoms with E-state index < -0.39 is 0 Å². The summed E-state index contributed by atoms with van der Waals surface area (Å²) in [4.78, 5) is 6.28. The maximum atomic E-state index is 5.83. The maximum absolute atomic E-state index is 5.83. The second-order valence-corrected chi connectivity index (χ2v) is 3.66. The summed E-state index contributed by atoms with van der Waals surface area (Å²) in [7, 11) is 1.98. The minimum atomic E-state index is 0.744. The van der Waals surface area contributed by atoms with Gasteiger partial charge in [-0.3, -0.25) is 0 Å². The molecule has 76 valence electrons. The van der Waals surface area contributed by atoms with Gasteiger partial charge in [0, 0.05) is 24.0 Å². The highest BCUT2D eigenvalue weighted by atomic mass is 35.5. The number of rotatable bonds is 2. The Bertz CT molecular complexity index is 425. The van der Waals surface area contributed by atoms with Gasteiger partial charge in [0.15, 0.2) is 0 Å². The molecule has 0 atom stereocenters. The molecule has 0 saturated carbocycles. The summed E-state index contributed by atoms with van der Waals surface area (Å²) in [5, 5.41) is 0.744. The second kappa shape index (κ2) is 4.32. The van der Waals surface area contributed by atoms with Gasteiger partial charge < -0.3 is 4.90 Å². The van der Waals surface area contributed by atoms with Gasteiger partial charge in [0.2, 0.25) is 0 Å². The van der Waals surface area contributed by atoms with Crippen molar-refractivity contribution < 1.29 is 0 Å². The molecule has 3 heteroatoms. The lowest BCUT2D eigenvalue weighted by Gasteiger charge is -2.17. The second-order valence-electron chi connectivity index (χ2n) is 3.22. The number of hydrogen-bond acceptors (Lipinski definition) is 2. The lowest BCUT2D eigenvalue weighted by Crippen LogP contribution is -2.10. The predicted molar refractivity (Wildman–Crippen MR) is 63.8 cm³/mol. The van der Waals surface area contributed by atoms with Crippen molar-refractivity contribution in [2.75, 3.05) is 11.9 Å². The molecule has 1 aromatic carbocycles. The molecule has 2 rings (SSSR count). The van der Waals surface area contributed by atoms with Gasteiger partial charge in [0.1, 0.15) is 5.82 Å². The molecule has 0 aliphatic rings. The molecule has 2 aromatic rings. The minimum Gasteiger partial charge on any atom is -0.329 e. The van der Waals surface area contributed by atoms with E-state index in [4.69, 9.17) is 11.6 Å². The van der Waals surface area contributed by atoms with Gasteiger partial charge in [-0.15, -0.1) is 0 Å². The summed E-state index contributed by atoms with van der Waals surface area (Å²) in [6, 6.07) is 13.5. The Labute approximate surface area is 94.1 Å². The van der Waals surface area contributed by atoms with Crippen LogP contribution in [0.4, 0.5) is 11.5 Å². The summed E-state index contributed by atoms with van der Waals surface area (Å²) in [5.41, 5.74) is 1.07. The van der Waals surface area contributed by atoms with E-state index in [0.717, 1.165) is 16.5 Å². The number of benzene rings is 1. The average Bonchev–Trinajstić information content (AvgIpc) is 2.30. The fourth-order valence-electron chi connectivity index (χ4n) is 1.35. The number of halogens is 1. The Hall–Kier alpha value is -1.54. The third kappa shape index (κ3) is 2.28. The van der Waals surface area contributed by atoms with Gasteiger partial charge in [-0.2, -0.15) is 0 Å². The number of aromatic nitrogens is 1. The van der Waals surface area contributed by atoms with Crippen LogP contribution in [-0.4, -0.2) is 12.0 Å². The highest BCUT2D eigenvalue weighted by Crippen LogP contribution is 2.22. The minimum absolute atomic E-state index is 0.744. The van der Waals surface area contributed by atoms with E-state index in [1.165, 1.54) is 0 Å². The lowest BCUT2D eigenvalue weighted by molar-refractivity contribution is 1.13. The van der Waals surface area contributed by atoms with E-state index in [1.54, 1.807) is 6.20 Å². The summed E-state index contributed by atoms with van der Waals surface area (Å²) in [6.07, 6.45) is 1.78. The first-order valence-electron chi connectivity index (χ1n) is 4.68. The first-order valence-corrected chi connectivity index (χ1v) is 5.05. The van der Waals surface area contributed by atoms with Crippen molar-refractivity contribution in [3.8, 4) is 0 Å². The third-order valence-electron chi connectivity index (χ3n) is 2.21.